The lowest BCUT2D eigenvalue weighted by Gasteiger charge is -2.16. The lowest BCUT2D eigenvalue weighted by Crippen LogP contribution is -2.01. The van der Waals surface area contributed by atoms with Crippen molar-refractivity contribution in [2.45, 2.75) is 39.5 Å². The molecule has 0 aliphatic rings. The third kappa shape index (κ3) is 6.60. The minimum absolute atomic E-state index is 0.959. The van der Waals surface area contributed by atoms with Crippen LogP contribution in [0, 0.1) is 21.0 Å². The third-order valence-corrected chi connectivity index (χ3v) is 8.00. The van der Waals surface area contributed by atoms with E-state index < -0.39 is 0 Å². The van der Waals surface area contributed by atoms with E-state index in [4.69, 9.17) is 4.74 Å². The standard InChI is InChI=1S/C30H28I2O/c1-21-11-17-29(25(19-21)15-13-23-7-3-5-9-27(23)31)33-30-18-12-22(2)20-26(30)16-14-24-8-4-6-10-28(24)32/h3-12,17-20H,13-16H2,1-2H3. The summed E-state index contributed by atoms with van der Waals surface area (Å²) in [5.41, 5.74) is 7.83. The molecule has 0 fully saturated rings. The molecule has 0 aliphatic heterocycles. The molecule has 4 rings (SSSR count). The molecule has 4 aromatic rings. The number of aryl methyl sites for hydroxylation is 6. The lowest BCUT2D eigenvalue weighted by molar-refractivity contribution is 0.469. The first kappa shape index (κ1) is 24.3. The van der Waals surface area contributed by atoms with Crippen molar-refractivity contribution in [3.05, 3.63) is 125 Å². The molecule has 4 aromatic carbocycles. The summed E-state index contributed by atoms with van der Waals surface area (Å²) in [4.78, 5) is 0. The first-order valence-electron chi connectivity index (χ1n) is 11.3. The summed E-state index contributed by atoms with van der Waals surface area (Å²) >= 11 is 4.86. The van der Waals surface area contributed by atoms with Crippen molar-refractivity contribution >= 4 is 45.2 Å². The highest BCUT2D eigenvalue weighted by Crippen LogP contribution is 2.32. The Hall–Kier alpha value is -1.86. The van der Waals surface area contributed by atoms with Gasteiger partial charge in [-0.2, -0.15) is 0 Å². The molecule has 0 saturated heterocycles. The molecule has 0 aliphatic carbocycles. The van der Waals surface area contributed by atoms with Crippen molar-refractivity contribution in [1.29, 1.82) is 0 Å². The fourth-order valence-electron chi connectivity index (χ4n) is 4.07. The molecule has 0 amide bonds. The molecule has 0 aromatic heterocycles. The van der Waals surface area contributed by atoms with Crippen LogP contribution in [-0.2, 0) is 25.7 Å². The highest BCUT2D eigenvalue weighted by atomic mass is 127. The second kappa shape index (κ2) is 11.5. The summed E-state index contributed by atoms with van der Waals surface area (Å²) in [5, 5.41) is 0. The van der Waals surface area contributed by atoms with E-state index in [0.29, 0.717) is 0 Å². The predicted molar refractivity (Wildman–Crippen MR) is 156 cm³/mol. The Bertz CT molecular complexity index is 1150. The van der Waals surface area contributed by atoms with E-state index in [1.807, 2.05) is 0 Å². The minimum Gasteiger partial charge on any atom is -0.457 e. The van der Waals surface area contributed by atoms with Gasteiger partial charge >= 0.3 is 0 Å². The monoisotopic (exact) mass is 658 g/mol. The third-order valence-electron chi connectivity index (χ3n) is 5.89. The Balaban J connectivity index is 1.56. The van der Waals surface area contributed by atoms with Crippen molar-refractivity contribution in [3.8, 4) is 11.5 Å². The maximum atomic E-state index is 6.58. The van der Waals surface area contributed by atoms with E-state index in [2.05, 4.69) is 144 Å². The zero-order chi connectivity index (χ0) is 23.2. The van der Waals surface area contributed by atoms with Crippen LogP contribution in [0.15, 0.2) is 84.9 Å². The van der Waals surface area contributed by atoms with E-state index in [1.165, 1.54) is 40.5 Å². The maximum absolute atomic E-state index is 6.58. The average Bonchev–Trinajstić information content (AvgIpc) is 2.81. The Kier molecular flexibility index (Phi) is 8.47. The molecule has 0 spiro atoms. The van der Waals surface area contributed by atoms with E-state index in [0.717, 1.165) is 37.2 Å². The first-order valence-corrected chi connectivity index (χ1v) is 13.5. The van der Waals surface area contributed by atoms with Gasteiger partial charge in [0.25, 0.3) is 0 Å². The molecule has 0 heterocycles. The molecule has 168 valence electrons. The quantitative estimate of drug-likeness (QED) is 0.172. The van der Waals surface area contributed by atoms with Gasteiger partial charge in [0.1, 0.15) is 11.5 Å². The van der Waals surface area contributed by atoms with E-state index in [9.17, 15) is 0 Å². The SMILES string of the molecule is Cc1ccc(Oc2ccc(C)cc2CCc2ccccc2I)c(CCc2ccccc2I)c1. The summed E-state index contributed by atoms with van der Waals surface area (Å²) in [6.45, 7) is 4.30. The number of rotatable bonds is 8. The van der Waals surface area contributed by atoms with Crippen LogP contribution in [0.3, 0.4) is 0 Å². The fourth-order valence-corrected chi connectivity index (χ4v) is 5.38. The second-order valence-corrected chi connectivity index (χ2v) is 10.8. The van der Waals surface area contributed by atoms with Crippen LogP contribution >= 0.6 is 45.2 Å². The Labute approximate surface area is 224 Å². The van der Waals surface area contributed by atoms with Crippen LogP contribution in [0.1, 0.15) is 33.4 Å². The van der Waals surface area contributed by atoms with Gasteiger partial charge < -0.3 is 4.74 Å². The molecule has 0 bridgehead atoms. The topological polar surface area (TPSA) is 9.23 Å². The van der Waals surface area contributed by atoms with Crippen molar-refractivity contribution in [2.24, 2.45) is 0 Å². The molecule has 0 radical (unpaired) electrons. The van der Waals surface area contributed by atoms with Gasteiger partial charge in [0.05, 0.1) is 0 Å². The second-order valence-electron chi connectivity index (χ2n) is 8.51. The van der Waals surface area contributed by atoms with Gasteiger partial charge in [0.2, 0.25) is 0 Å². The van der Waals surface area contributed by atoms with Gasteiger partial charge in [0, 0.05) is 7.14 Å². The largest absolute Gasteiger partial charge is 0.457 e. The van der Waals surface area contributed by atoms with Gasteiger partial charge in [-0.3, -0.25) is 0 Å². The molecular weight excluding hydrogens is 630 g/mol. The molecule has 1 nitrogen and oxygen atoms in total. The van der Waals surface area contributed by atoms with E-state index >= 15 is 0 Å². The summed E-state index contributed by atoms with van der Waals surface area (Å²) in [5.74, 6) is 1.93. The van der Waals surface area contributed by atoms with Crippen molar-refractivity contribution in [3.63, 3.8) is 0 Å². The molecule has 0 saturated carbocycles. The van der Waals surface area contributed by atoms with Crippen molar-refractivity contribution in [1.82, 2.24) is 0 Å². The van der Waals surface area contributed by atoms with Gasteiger partial charge in [-0.05, 0) is 131 Å². The number of halogens is 2. The summed E-state index contributed by atoms with van der Waals surface area (Å²) < 4.78 is 9.23. The highest BCUT2D eigenvalue weighted by molar-refractivity contribution is 14.1. The van der Waals surface area contributed by atoms with Gasteiger partial charge in [-0.25, -0.2) is 0 Å². The van der Waals surface area contributed by atoms with Crippen LogP contribution in [0.25, 0.3) is 0 Å². The van der Waals surface area contributed by atoms with E-state index in [-0.39, 0.29) is 0 Å². The molecule has 3 heteroatoms. The van der Waals surface area contributed by atoms with Gasteiger partial charge in [-0.15, -0.1) is 0 Å². The highest BCUT2D eigenvalue weighted by Gasteiger charge is 2.11. The summed E-state index contributed by atoms with van der Waals surface area (Å²) in [7, 11) is 0. The van der Waals surface area contributed by atoms with Gasteiger partial charge in [-0.1, -0.05) is 71.8 Å². The van der Waals surface area contributed by atoms with Crippen molar-refractivity contribution < 1.29 is 4.74 Å². The lowest BCUT2D eigenvalue weighted by atomic mass is 10.0. The van der Waals surface area contributed by atoms with Crippen LogP contribution in [0.4, 0.5) is 0 Å². The van der Waals surface area contributed by atoms with Gasteiger partial charge in [0.15, 0.2) is 0 Å². The zero-order valence-corrected chi connectivity index (χ0v) is 23.4. The van der Waals surface area contributed by atoms with Crippen LogP contribution < -0.4 is 4.74 Å². The number of hydrogen-bond acceptors (Lipinski definition) is 1. The molecule has 0 N–H and O–H groups in total. The normalized spacial score (nSPS) is 10.9. The Morgan fingerprint density at radius 1 is 0.515 bits per heavy atom. The van der Waals surface area contributed by atoms with Crippen LogP contribution in [0.2, 0.25) is 0 Å². The predicted octanol–water partition coefficient (Wildman–Crippen LogP) is 8.88. The maximum Gasteiger partial charge on any atom is 0.130 e. The number of benzene rings is 4. The van der Waals surface area contributed by atoms with Crippen LogP contribution in [-0.4, -0.2) is 0 Å². The van der Waals surface area contributed by atoms with Crippen molar-refractivity contribution in [2.75, 3.05) is 0 Å². The summed E-state index contributed by atoms with van der Waals surface area (Å²) in [6.07, 6.45) is 3.93. The average molecular weight is 658 g/mol. The fraction of sp³-hybridized carbons (Fsp3) is 0.200. The van der Waals surface area contributed by atoms with E-state index in [1.54, 1.807) is 0 Å². The summed E-state index contributed by atoms with van der Waals surface area (Å²) in [6, 6.07) is 30.3. The number of hydrogen-bond donors (Lipinski definition) is 0. The molecular formula is C30H28I2O. The smallest absolute Gasteiger partial charge is 0.130 e. The molecule has 0 unspecified atom stereocenters. The number of ether oxygens (including phenoxy) is 1. The molecule has 33 heavy (non-hydrogen) atoms. The Morgan fingerprint density at radius 3 is 1.33 bits per heavy atom. The first-order chi connectivity index (χ1) is 16.0. The minimum atomic E-state index is 0.959. The van der Waals surface area contributed by atoms with Crippen LogP contribution in [0.5, 0.6) is 11.5 Å². The zero-order valence-electron chi connectivity index (χ0n) is 19.1. The molecule has 0 atom stereocenters. The Morgan fingerprint density at radius 2 is 0.909 bits per heavy atom.